The average molecular weight is 284 g/mol. The van der Waals surface area contributed by atoms with Crippen molar-refractivity contribution in [3.63, 3.8) is 0 Å². The van der Waals surface area contributed by atoms with Crippen LogP contribution in [0.3, 0.4) is 0 Å². The lowest BCUT2D eigenvalue weighted by molar-refractivity contribution is -0.144. The highest BCUT2D eigenvalue weighted by atomic mass is 16.4. The highest BCUT2D eigenvalue weighted by molar-refractivity contribution is 5.78. The molecular weight excluding hydrogens is 252 g/mol. The second kappa shape index (κ2) is 8.63. The first-order valence-corrected chi connectivity index (χ1v) is 8.26. The summed E-state index contributed by atoms with van der Waals surface area (Å²) < 4.78 is 0. The van der Waals surface area contributed by atoms with E-state index in [1.165, 1.54) is 32.2 Å². The van der Waals surface area contributed by atoms with Gasteiger partial charge in [0, 0.05) is 6.04 Å². The monoisotopic (exact) mass is 284 g/mol. The molecule has 4 heteroatoms. The van der Waals surface area contributed by atoms with Crippen LogP contribution in [0.2, 0.25) is 0 Å². The van der Waals surface area contributed by atoms with E-state index < -0.39 is 11.5 Å². The Morgan fingerprint density at radius 2 is 2.10 bits per heavy atom. The fourth-order valence-corrected chi connectivity index (χ4v) is 3.27. The molecule has 2 atom stereocenters. The first kappa shape index (κ1) is 17.4. The van der Waals surface area contributed by atoms with Gasteiger partial charge in [-0.25, -0.2) is 0 Å². The molecular formula is C16H32N2O2. The molecule has 0 aliphatic carbocycles. The number of carboxylic acid groups (broad SMARTS) is 1. The van der Waals surface area contributed by atoms with Gasteiger partial charge in [-0.15, -0.1) is 0 Å². The molecule has 0 aromatic heterocycles. The van der Waals surface area contributed by atoms with Crippen molar-refractivity contribution in [2.45, 2.75) is 77.3 Å². The van der Waals surface area contributed by atoms with Crippen molar-refractivity contribution in [1.82, 2.24) is 10.2 Å². The minimum Gasteiger partial charge on any atom is -0.480 e. The zero-order valence-electron chi connectivity index (χ0n) is 13.5. The van der Waals surface area contributed by atoms with Crippen LogP contribution >= 0.6 is 0 Å². The predicted octanol–water partition coefficient (Wildman–Crippen LogP) is 2.87. The van der Waals surface area contributed by atoms with Crippen LogP contribution in [0.1, 0.15) is 65.7 Å². The van der Waals surface area contributed by atoms with Gasteiger partial charge in [-0.05, 0) is 65.1 Å². The van der Waals surface area contributed by atoms with Gasteiger partial charge in [-0.2, -0.15) is 0 Å². The maximum atomic E-state index is 11.3. The van der Waals surface area contributed by atoms with Crippen LogP contribution in [0, 0.1) is 0 Å². The van der Waals surface area contributed by atoms with Gasteiger partial charge >= 0.3 is 5.97 Å². The van der Waals surface area contributed by atoms with E-state index in [1.807, 2.05) is 6.92 Å². The lowest BCUT2D eigenvalue weighted by atomic mass is 9.94. The minimum atomic E-state index is -0.763. The molecule has 118 valence electrons. The number of likely N-dealkylation sites (N-methyl/N-ethyl adjacent to an activating group) is 1. The molecule has 1 heterocycles. The molecule has 0 saturated carbocycles. The van der Waals surface area contributed by atoms with E-state index >= 15 is 0 Å². The number of carbonyl (C=O) groups is 1. The van der Waals surface area contributed by atoms with E-state index in [4.69, 9.17) is 0 Å². The van der Waals surface area contributed by atoms with Gasteiger partial charge in [0.15, 0.2) is 0 Å². The van der Waals surface area contributed by atoms with Crippen LogP contribution < -0.4 is 5.32 Å². The van der Waals surface area contributed by atoms with Crippen LogP contribution in [-0.4, -0.2) is 47.2 Å². The fourth-order valence-electron chi connectivity index (χ4n) is 3.27. The van der Waals surface area contributed by atoms with Gasteiger partial charge < -0.3 is 15.3 Å². The molecule has 0 spiro atoms. The molecule has 0 aromatic carbocycles. The summed E-state index contributed by atoms with van der Waals surface area (Å²) in [5.74, 6) is -0.733. The number of likely N-dealkylation sites (tertiary alicyclic amines) is 1. The first-order chi connectivity index (χ1) is 9.53. The van der Waals surface area contributed by atoms with E-state index in [2.05, 4.69) is 17.1 Å². The molecule has 1 rings (SSSR count). The second-order valence-corrected chi connectivity index (χ2v) is 6.22. The number of nitrogens with zero attached hydrogens (tertiary/aromatic N) is 1. The zero-order valence-corrected chi connectivity index (χ0v) is 13.5. The molecule has 0 amide bonds. The fraction of sp³-hybridized carbons (Fsp3) is 0.938. The maximum absolute atomic E-state index is 11.3. The molecule has 4 nitrogen and oxygen atoms in total. The normalized spacial score (nSPS) is 23.4. The molecule has 0 radical (unpaired) electrons. The zero-order chi connectivity index (χ0) is 15.0. The number of rotatable bonds is 9. The van der Waals surface area contributed by atoms with E-state index in [-0.39, 0.29) is 0 Å². The Kier molecular flexibility index (Phi) is 7.52. The van der Waals surface area contributed by atoms with Crippen LogP contribution in [0.5, 0.6) is 0 Å². The predicted molar refractivity (Wildman–Crippen MR) is 83.1 cm³/mol. The van der Waals surface area contributed by atoms with Crippen molar-refractivity contribution in [2.75, 3.05) is 19.6 Å². The van der Waals surface area contributed by atoms with Crippen molar-refractivity contribution < 1.29 is 9.90 Å². The average Bonchev–Trinajstić information content (AvgIpc) is 2.44. The Balaban J connectivity index is 2.30. The summed E-state index contributed by atoms with van der Waals surface area (Å²) in [6.07, 6.45) is 8.05. The third-order valence-electron chi connectivity index (χ3n) is 4.63. The summed E-state index contributed by atoms with van der Waals surface area (Å²) in [7, 11) is 0. The summed E-state index contributed by atoms with van der Waals surface area (Å²) in [6.45, 7) is 9.08. The summed E-state index contributed by atoms with van der Waals surface area (Å²) in [4.78, 5) is 13.9. The number of nitrogens with one attached hydrogen (secondary N) is 1. The van der Waals surface area contributed by atoms with Crippen molar-refractivity contribution in [3.8, 4) is 0 Å². The first-order valence-electron chi connectivity index (χ1n) is 8.26. The third kappa shape index (κ3) is 5.06. The van der Waals surface area contributed by atoms with Crippen molar-refractivity contribution in [2.24, 2.45) is 0 Å². The number of aliphatic carboxylic acids is 1. The second-order valence-electron chi connectivity index (χ2n) is 6.22. The number of hydrogen-bond donors (Lipinski definition) is 2. The summed E-state index contributed by atoms with van der Waals surface area (Å²) in [5, 5.41) is 12.4. The molecule has 1 saturated heterocycles. The topological polar surface area (TPSA) is 52.6 Å². The molecule has 1 fully saturated rings. The number of unbranched alkanes of at least 4 members (excludes halogenated alkanes) is 1. The Labute approximate surface area is 123 Å². The lowest BCUT2D eigenvalue weighted by Crippen LogP contribution is -2.49. The molecule has 0 bridgehead atoms. The van der Waals surface area contributed by atoms with Crippen molar-refractivity contribution in [1.29, 1.82) is 0 Å². The molecule has 1 aliphatic rings. The van der Waals surface area contributed by atoms with Gasteiger partial charge in [-0.1, -0.05) is 20.3 Å². The Morgan fingerprint density at radius 1 is 1.35 bits per heavy atom. The Morgan fingerprint density at radius 3 is 2.70 bits per heavy atom. The molecule has 2 unspecified atom stereocenters. The Hall–Kier alpha value is -0.610. The highest BCUT2D eigenvalue weighted by Crippen LogP contribution is 2.21. The summed E-state index contributed by atoms with van der Waals surface area (Å²) in [5.41, 5.74) is -0.763. The molecule has 0 aromatic rings. The maximum Gasteiger partial charge on any atom is 0.323 e. The quantitative estimate of drug-likeness (QED) is 0.639. The van der Waals surface area contributed by atoms with Gasteiger partial charge in [0.1, 0.15) is 5.54 Å². The van der Waals surface area contributed by atoms with Crippen LogP contribution in [0.4, 0.5) is 0 Å². The standard InChI is InChI=1S/C16H32N2O2/c1-4-14-10-6-8-12-18(14)13-9-7-11-16(3,15(19)20)17-5-2/h14,17H,4-13H2,1-3H3,(H,19,20). The highest BCUT2D eigenvalue weighted by Gasteiger charge is 2.31. The van der Waals surface area contributed by atoms with Crippen LogP contribution in [0.25, 0.3) is 0 Å². The third-order valence-corrected chi connectivity index (χ3v) is 4.63. The van der Waals surface area contributed by atoms with Crippen LogP contribution in [-0.2, 0) is 4.79 Å². The van der Waals surface area contributed by atoms with E-state index in [1.54, 1.807) is 6.92 Å². The lowest BCUT2D eigenvalue weighted by Gasteiger charge is -2.35. The largest absolute Gasteiger partial charge is 0.480 e. The number of piperidine rings is 1. The van der Waals surface area contributed by atoms with Gasteiger partial charge in [0.2, 0.25) is 0 Å². The van der Waals surface area contributed by atoms with Gasteiger partial charge in [-0.3, -0.25) is 4.79 Å². The SMILES string of the molecule is CCNC(C)(CCCCN1CCCCC1CC)C(=O)O. The van der Waals surface area contributed by atoms with Gasteiger partial charge in [0.25, 0.3) is 0 Å². The minimum absolute atomic E-state index is 0.701. The molecule has 20 heavy (non-hydrogen) atoms. The molecule has 2 N–H and O–H groups in total. The van der Waals surface area contributed by atoms with E-state index in [0.29, 0.717) is 13.0 Å². The molecule has 1 aliphatic heterocycles. The van der Waals surface area contributed by atoms with Crippen LogP contribution in [0.15, 0.2) is 0 Å². The smallest absolute Gasteiger partial charge is 0.323 e. The number of hydrogen-bond acceptors (Lipinski definition) is 3. The number of carboxylic acids is 1. The van der Waals surface area contributed by atoms with E-state index in [9.17, 15) is 9.90 Å². The van der Waals surface area contributed by atoms with Gasteiger partial charge in [0.05, 0.1) is 0 Å². The van der Waals surface area contributed by atoms with Crippen molar-refractivity contribution in [3.05, 3.63) is 0 Å². The summed E-state index contributed by atoms with van der Waals surface area (Å²) >= 11 is 0. The van der Waals surface area contributed by atoms with Crippen molar-refractivity contribution >= 4 is 5.97 Å². The van der Waals surface area contributed by atoms with E-state index in [0.717, 1.165) is 25.4 Å². The Bertz CT molecular complexity index is 296. The summed E-state index contributed by atoms with van der Waals surface area (Å²) in [6, 6.07) is 0.753.